The molecule has 0 aromatic carbocycles. The quantitative estimate of drug-likeness (QED) is 0.857. The van der Waals surface area contributed by atoms with E-state index in [4.69, 9.17) is 9.52 Å². The zero-order valence-corrected chi connectivity index (χ0v) is 11.8. The van der Waals surface area contributed by atoms with Crippen LogP contribution in [0.3, 0.4) is 0 Å². The van der Waals surface area contributed by atoms with Crippen molar-refractivity contribution in [1.29, 1.82) is 0 Å². The number of nitrogens with one attached hydrogen (secondary N) is 1. The SMILES string of the molecule is Cc1oc(C(=O)O)cc1CNCC1(C)CCCCC1. The Hall–Kier alpha value is -1.29. The Morgan fingerprint density at radius 2 is 2.11 bits per heavy atom. The highest BCUT2D eigenvalue weighted by Gasteiger charge is 2.26. The van der Waals surface area contributed by atoms with Crippen molar-refractivity contribution in [3.05, 3.63) is 23.2 Å². The van der Waals surface area contributed by atoms with Gasteiger partial charge in [-0.05, 0) is 31.2 Å². The summed E-state index contributed by atoms with van der Waals surface area (Å²) in [7, 11) is 0. The van der Waals surface area contributed by atoms with Gasteiger partial charge in [-0.15, -0.1) is 0 Å². The molecule has 1 aliphatic rings. The van der Waals surface area contributed by atoms with Crippen molar-refractivity contribution in [2.75, 3.05) is 6.54 Å². The summed E-state index contributed by atoms with van der Waals surface area (Å²) in [5.41, 5.74) is 1.34. The molecule has 1 aliphatic carbocycles. The van der Waals surface area contributed by atoms with Gasteiger partial charge in [0.15, 0.2) is 0 Å². The minimum Gasteiger partial charge on any atom is -0.475 e. The zero-order chi connectivity index (χ0) is 13.9. The van der Waals surface area contributed by atoms with E-state index in [1.165, 1.54) is 32.1 Å². The Kier molecular flexibility index (Phi) is 4.30. The van der Waals surface area contributed by atoms with E-state index in [2.05, 4.69) is 12.2 Å². The molecule has 1 fully saturated rings. The highest BCUT2D eigenvalue weighted by Crippen LogP contribution is 2.35. The Morgan fingerprint density at radius 1 is 1.42 bits per heavy atom. The van der Waals surface area contributed by atoms with E-state index in [9.17, 15) is 4.79 Å². The van der Waals surface area contributed by atoms with Gasteiger partial charge in [0.1, 0.15) is 5.76 Å². The number of aromatic carboxylic acids is 1. The molecule has 0 atom stereocenters. The summed E-state index contributed by atoms with van der Waals surface area (Å²) in [6.45, 7) is 5.81. The predicted molar refractivity (Wildman–Crippen MR) is 73.3 cm³/mol. The van der Waals surface area contributed by atoms with E-state index < -0.39 is 5.97 Å². The minimum absolute atomic E-state index is 0.0261. The van der Waals surface area contributed by atoms with Gasteiger partial charge in [0.05, 0.1) is 0 Å². The molecule has 0 aliphatic heterocycles. The van der Waals surface area contributed by atoms with Crippen molar-refractivity contribution in [3.63, 3.8) is 0 Å². The molecule has 1 aromatic rings. The first-order valence-electron chi connectivity index (χ1n) is 7.03. The number of furan rings is 1. The number of carboxylic acids is 1. The molecule has 0 saturated heterocycles. The molecule has 0 amide bonds. The number of carbonyl (C=O) groups is 1. The summed E-state index contributed by atoms with van der Waals surface area (Å²) in [6, 6.07) is 1.62. The number of carboxylic acid groups (broad SMARTS) is 1. The molecular weight excluding hydrogens is 242 g/mol. The lowest BCUT2D eigenvalue weighted by Gasteiger charge is -2.33. The van der Waals surface area contributed by atoms with Crippen LogP contribution in [0, 0.1) is 12.3 Å². The molecule has 4 nitrogen and oxygen atoms in total. The fourth-order valence-electron chi connectivity index (χ4n) is 2.88. The van der Waals surface area contributed by atoms with Gasteiger partial charge in [-0.3, -0.25) is 0 Å². The van der Waals surface area contributed by atoms with Crippen LogP contribution in [-0.2, 0) is 6.54 Å². The van der Waals surface area contributed by atoms with Gasteiger partial charge in [0.25, 0.3) is 0 Å². The summed E-state index contributed by atoms with van der Waals surface area (Å²) in [5, 5.41) is 12.3. The summed E-state index contributed by atoms with van der Waals surface area (Å²) in [5.74, 6) is -0.287. The van der Waals surface area contributed by atoms with Crippen LogP contribution < -0.4 is 5.32 Å². The van der Waals surface area contributed by atoms with E-state index in [0.717, 1.165) is 12.1 Å². The maximum atomic E-state index is 10.8. The summed E-state index contributed by atoms with van der Waals surface area (Å²) < 4.78 is 5.20. The Balaban J connectivity index is 1.87. The maximum absolute atomic E-state index is 10.8. The zero-order valence-electron chi connectivity index (χ0n) is 11.8. The predicted octanol–water partition coefficient (Wildman–Crippen LogP) is 3.35. The average Bonchev–Trinajstić information content (AvgIpc) is 2.72. The van der Waals surface area contributed by atoms with Crippen LogP contribution in [0.5, 0.6) is 0 Å². The number of hydrogen-bond acceptors (Lipinski definition) is 3. The van der Waals surface area contributed by atoms with E-state index in [-0.39, 0.29) is 5.76 Å². The lowest BCUT2D eigenvalue weighted by Crippen LogP contribution is -2.33. The second-order valence-electron chi connectivity index (χ2n) is 5.97. The number of rotatable bonds is 5. The van der Waals surface area contributed by atoms with E-state index in [1.54, 1.807) is 6.07 Å². The van der Waals surface area contributed by atoms with Crippen molar-refractivity contribution in [1.82, 2.24) is 5.32 Å². The van der Waals surface area contributed by atoms with Crippen molar-refractivity contribution in [3.8, 4) is 0 Å². The molecule has 2 rings (SSSR count). The third-order valence-corrected chi connectivity index (χ3v) is 4.16. The summed E-state index contributed by atoms with van der Waals surface area (Å²) in [6.07, 6.45) is 6.58. The lowest BCUT2D eigenvalue weighted by atomic mass is 9.76. The van der Waals surface area contributed by atoms with Crippen molar-refractivity contribution < 1.29 is 14.3 Å². The van der Waals surface area contributed by atoms with Crippen LogP contribution in [-0.4, -0.2) is 17.6 Å². The second kappa shape index (κ2) is 5.78. The number of aryl methyl sites for hydroxylation is 1. The van der Waals surface area contributed by atoms with Gasteiger partial charge in [-0.1, -0.05) is 26.2 Å². The van der Waals surface area contributed by atoms with Gasteiger partial charge in [-0.2, -0.15) is 0 Å². The Labute approximate surface area is 114 Å². The van der Waals surface area contributed by atoms with Gasteiger partial charge in [-0.25, -0.2) is 4.79 Å². The van der Waals surface area contributed by atoms with E-state index in [0.29, 0.717) is 17.7 Å². The fraction of sp³-hybridized carbons (Fsp3) is 0.667. The smallest absolute Gasteiger partial charge is 0.371 e. The largest absolute Gasteiger partial charge is 0.475 e. The first kappa shape index (κ1) is 14.1. The second-order valence-corrected chi connectivity index (χ2v) is 5.97. The molecule has 19 heavy (non-hydrogen) atoms. The molecular formula is C15H23NO3. The van der Waals surface area contributed by atoms with Crippen LogP contribution >= 0.6 is 0 Å². The summed E-state index contributed by atoms with van der Waals surface area (Å²) in [4.78, 5) is 10.8. The Morgan fingerprint density at radius 3 is 2.68 bits per heavy atom. The first-order chi connectivity index (χ1) is 9.00. The monoisotopic (exact) mass is 265 g/mol. The highest BCUT2D eigenvalue weighted by atomic mass is 16.4. The van der Waals surface area contributed by atoms with E-state index >= 15 is 0 Å². The third-order valence-electron chi connectivity index (χ3n) is 4.16. The lowest BCUT2D eigenvalue weighted by molar-refractivity contribution is 0.0661. The van der Waals surface area contributed by atoms with Gasteiger partial charge < -0.3 is 14.8 Å². The molecule has 0 radical (unpaired) electrons. The Bertz CT molecular complexity index is 444. The van der Waals surface area contributed by atoms with Gasteiger partial charge in [0.2, 0.25) is 5.76 Å². The fourth-order valence-corrected chi connectivity index (χ4v) is 2.88. The van der Waals surface area contributed by atoms with Crippen molar-refractivity contribution in [2.24, 2.45) is 5.41 Å². The van der Waals surface area contributed by atoms with E-state index in [1.807, 2.05) is 6.92 Å². The topological polar surface area (TPSA) is 62.5 Å². The normalized spacial score (nSPS) is 18.4. The molecule has 0 spiro atoms. The first-order valence-corrected chi connectivity index (χ1v) is 7.03. The molecule has 0 unspecified atom stereocenters. The van der Waals surface area contributed by atoms with Crippen molar-refractivity contribution in [2.45, 2.75) is 52.5 Å². The van der Waals surface area contributed by atoms with Crippen LogP contribution in [0.1, 0.15) is 60.9 Å². The maximum Gasteiger partial charge on any atom is 0.371 e. The molecule has 4 heteroatoms. The standard InChI is InChI=1S/C15H23NO3/c1-11-12(8-13(19-11)14(17)18)9-16-10-15(2)6-4-3-5-7-15/h8,16H,3-7,9-10H2,1-2H3,(H,17,18). The van der Waals surface area contributed by atoms with Crippen LogP contribution in [0.4, 0.5) is 0 Å². The molecule has 1 saturated carbocycles. The van der Waals surface area contributed by atoms with Crippen LogP contribution in [0.15, 0.2) is 10.5 Å². The minimum atomic E-state index is -1.01. The summed E-state index contributed by atoms with van der Waals surface area (Å²) >= 11 is 0. The average molecular weight is 265 g/mol. The molecule has 1 aromatic heterocycles. The molecule has 2 N–H and O–H groups in total. The number of hydrogen-bond donors (Lipinski definition) is 2. The van der Waals surface area contributed by atoms with Crippen LogP contribution in [0.2, 0.25) is 0 Å². The van der Waals surface area contributed by atoms with Crippen LogP contribution in [0.25, 0.3) is 0 Å². The molecule has 0 bridgehead atoms. The van der Waals surface area contributed by atoms with Gasteiger partial charge in [0, 0.05) is 18.7 Å². The molecule has 106 valence electrons. The highest BCUT2D eigenvalue weighted by molar-refractivity contribution is 5.84. The van der Waals surface area contributed by atoms with Gasteiger partial charge >= 0.3 is 5.97 Å². The van der Waals surface area contributed by atoms with Crippen molar-refractivity contribution >= 4 is 5.97 Å². The molecule has 1 heterocycles. The third kappa shape index (κ3) is 3.60.